The SMILES string of the molecule is CCCNC(c1ccc(COC)o1)c1ccccc1Br. The highest BCUT2D eigenvalue weighted by Gasteiger charge is 2.19. The molecule has 0 aliphatic heterocycles. The monoisotopic (exact) mass is 337 g/mol. The van der Waals surface area contributed by atoms with Crippen molar-refractivity contribution >= 4 is 15.9 Å². The largest absolute Gasteiger partial charge is 0.462 e. The zero-order chi connectivity index (χ0) is 14.4. The second-order valence-electron chi connectivity index (χ2n) is 4.65. The van der Waals surface area contributed by atoms with Crippen molar-refractivity contribution in [1.29, 1.82) is 0 Å². The lowest BCUT2D eigenvalue weighted by Gasteiger charge is -2.18. The molecule has 0 bridgehead atoms. The first-order valence-electron chi connectivity index (χ1n) is 6.81. The van der Waals surface area contributed by atoms with Crippen LogP contribution in [0.4, 0.5) is 0 Å². The number of hydrogen-bond acceptors (Lipinski definition) is 3. The van der Waals surface area contributed by atoms with E-state index in [1.54, 1.807) is 7.11 Å². The summed E-state index contributed by atoms with van der Waals surface area (Å²) in [7, 11) is 1.67. The molecule has 1 aromatic carbocycles. The van der Waals surface area contributed by atoms with Crippen molar-refractivity contribution in [3.63, 3.8) is 0 Å². The zero-order valence-corrected chi connectivity index (χ0v) is 13.4. The molecule has 0 saturated carbocycles. The van der Waals surface area contributed by atoms with Gasteiger partial charge in [-0.05, 0) is 36.7 Å². The van der Waals surface area contributed by atoms with Gasteiger partial charge in [0, 0.05) is 11.6 Å². The van der Waals surface area contributed by atoms with Crippen LogP contribution in [0.3, 0.4) is 0 Å². The predicted molar refractivity (Wildman–Crippen MR) is 83.7 cm³/mol. The van der Waals surface area contributed by atoms with E-state index in [2.05, 4.69) is 40.3 Å². The highest BCUT2D eigenvalue weighted by atomic mass is 79.9. The van der Waals surface area contributed by atoms with Gasteiger partial charge in [0.1, 0.15) is 18.1 Å². The van der Waals surface area contributed by atoms with Crippen LogP contribution in [0.25, 0.3) is 0 Å². The van der Waals surface area contributed by atoms with Crippen LogP contribution in [0.15, 0.2) is 45.3 Å². The van der Waals surface area contributed by atoms with Crippen molar-refractivity contribution in [2.24, 2.45) is 0 Å². The fraction of sp³-hybridized carbons (Fsp3) is 0.375. The maximum atomic E-state index is 5.88. The Morgan fingerprint density at radius 2 is 2.05 bits per heavy atom. The van der Waals surface area contributed by atoms with Gasteiger partial charge in [0.2, 0.25) is 0 Å². The molecule has 0 amide bonds. The first-order valence-corrected chi connectivity index (χ1v) is 7.61. The molecule has 0 spiro atoms. The van der Waals surface area contributed by atoms with Crippen LogP contribution in [0, 0.1) is 0 Å². The molecule has 1 atom stereocenters. The van der Waals surface area contributed by atoms with E-state index in [0.29, 0.717) is 6.61 Å². The topological polar surface area (TPSA) is 34.4 Å². The Bertz CT molecular complexity index is 539. The summed E-state index contributed by atoms with van der Waals surface area (Å²) in [5, 5.41) is 3.53. The third kappa shape index (κ3) is 3.72. The van der Waals surface area contributed by atoms with Crippen molar-refractivity contribution in [3.8, 4) is 0 Å². The van der Waals surface area contributed by atoms with E-state index in [0.717, 1.165) is 29.0 Å². The molecular weight excluding hydrogens is 318 g/mol. The maximum Gasteiger partial charge on any atom is 0.129 e. The summed E-state index contributed by atoms with van der Waals surface area (Å²) in [6.45, 7) is 3.59. The molecule has 4 heteroatoms. The van der Waals surface area contributed by atoms with Crippen LogP contribution in [-0.2, 0) is 11.3 Å². The van der Waals surface area contributed by atoms with Crippen molar-refractivity contribution in [1.82, 2.24) is 5.32 Å². The average molecular weight is 338 g/mol. The van der Waals surface area contributed by atoms with Gasteiger partial charge < -0.3 is 14.5 Å². The molecule has 108 valence electrons. The van der Waals surface area contributed by atoms with Gasteiger partial charge in [0.25, 0.3) is 0 Å². The van der Waals surface area contributed by atoms with E-state index >= 15 is 0 Å². The van der Waals surface area contributed by atoms with Gasteiger partial charge in [-0.15, -0.1) is 0 Å². The number of methoxy groups -OCH3 is 1. The van der Waals surface area contributed by atoms with E-state index in [9.17, 15) is 0 Å². The number of furan rings is 1. The molecule has 20 heavy (non-hydrogen) atoms. The Morgan fingerprint density at radius 1 is 1.25 bits per heavy atom. The second kappa shape index (κ2) is 7.62. The normalized spacial score (nSPS) is 12.6. The Hall–Kier alpha value is -1.10. The molecule has 3 nitrogen and oxygen atoms in total. The minimum atomic E-state index is 0.0520. The van der Waals surface area contributed by atoms with Crippen LogP contribution < -0.4 is 5.32 Å². The van der Waals surface area contributed by atoms with Crippen LogP contribution >= 0.6 is 15.9 Å². The minimum absolute atomic E-state index is 0.0520. The van der Waals surface area contributed by atoms with E-state index in [4.69, 9.17) is 9.15 Å². The van der Waals surface area contributed by atoms with E-state index in [1.807, 2.05) is 24.3 Å². The summed E-state index contributed by atoms with van der Waals surface area (Å²) in [6, 6.07) is 12.3. The Labute approximate surface area is 128 Å². The summed E-state index contributed by atoms with van der Waals surface area (Å²) in [5.74, 6) is 1.76. The minimum Gasteiger partial charge on any atom is -0.462 e. The van der Waals surface area contributed by atoms with E-state index < -0.39 is 0 Å². The van der Waals surface area contributed by atoms with Gasteiger partial charge >= 0.3 is 0 Å². The summed E-state index contributed by atoms with van der Waals surface area (Å²) in [6.07, 6.45) is 1.08. The van der Waals surface area contributed by atoms with Gasteiger partial charge in [0.05, 0.1) is 6.04 Å². The molecule has 0 fully saturated rings. The number of rotatable bonds is 7. The third-order valence-electron chi connectivity index (χ3n) is 3.07. The van der Waals surface area contributed by atoms with Gasteiger partial charge in [-0.2, -0.15) is 0 Å². The smallest absolute Gasteiger partial charge is 0.129 e. The highest BCUT2D eigenvalue weighted by Crippen LogP contribution is 2.29. The molecular formula is C16H20BrNO2. The number of ether oxygens (including phenoxy) is 1. The van der Waals surface area contributed by atoms with E-state index in [-0.39, 0.29) is 6.04 Å². The number of hydrogen-bond donors (Lipinski definition) is 1. The van der Waals surface area contributed by atoms with Gasteiger partial charge in [0.15, 0.2) is 0 Å². The van der Waals surface area contributed by atoms with Crippen LogP contribution in [0.1, 0.15) is 36.5 Å². The molecule has 1 unspecified atom stereocenters. The second-order valence-corrected chi connectivity index (χ2v) is 5.50. The Kier molecular flexibility index (Phi) is 5.83. The summed E-state index contributed by atoms with van der Waals surface area (Å²) >= 11 is 3.62. The van der Waals surface area contributed by atoms with Gasteiger partial charge in [-0.25, -0.2) is 0 Å². The van der Waals surface area contributed by atoms with Crippen LogP contribution in [0.5, 0.6) is 0 Å². The molecule has 0 radical (unpaired) electrons. The number of benzene rings is 1. The molecule has 1 aromatic heterocycles. The third-order valence-corrected chi connectivity index (χ3v) is 3.79. The molecule has 0 saturated heterocycles. The summed E-state index contributed by atoms with van der Waals surface area (Å²) in [5.41, 5.74) is 1.18. The lowest BCUT2D eigenvalue weighted by Crippen LogP contribution is -2.23. The maximum absolute atomic E-state index is 5.88. The lowest BCUT2D eigenvalue weighted by atomic mass is 10.0. The molecule has 0 aliphatic rings. The number of halogens is 1. The predicted octanol–water partition coefficient (Wildman–Crippen LogP) is 4.28. The van der Waals surface area contributed by atoms with E-state index in [1.165, 1.54) is 5.56 Å². The lowest BCUT2D eigenvalue weighted by molar-refractivity contribution is 0.162. The van der Waals surface area contributed by atoms with Gasteiger partial charge in [-0.1, -0.05) is 41.1 Å². The standard InChI is InChI=1S/C16H20BrNO2/c1-3-10-18-16(13-6-4-5-7-14(13)17)15-9-8-12(20-15)11-19-2/h4-9,16,18H,3,10-11H2,1-2H3. The Morgan fingerprint density at radius 3 is 2.75 bits per heavy atom. The van der Waals surface area contributed by atoms with Crippen molar-refractivity contribution in [3.05, 3.63) is 58.0 Å². The average Bonchev–Trinajstić information content (AvgIpc) is 2.90. The summed E-state index contributed by atoms with van der Waals surface area (Å²) < 4.78 is 12.1. The first-order chi connectivity index (χ1) is 9.76. The number of nitrogens with one attached hydrogen (secondary N) is 1. The highest BCUT2D eigenvalue weighted by molar-refractivity contribution is 9.10. The summed E-state index contributed by atoms with van der Waals surface area (Å²) in [4.78, 5) is 0. The zero-order valence-electron chi connectivity index (χ0n) is 11.9. The van der Waals surface area contributed by atoms with Crippen molar-refractivity contribution < 1.29 is 9.15 Å². The van der Waals surface area contributed by atoms with Crippen LogP contribution in [-0.4, -0.2) is 13.7 Å². The fourth-order valence-corrected chi connectivity index (χ4v) is 2.64. The quantitative estimate of drug-likeness (QED) is 0.818. The van der Waals surface area contributed by atoms with Crippen LogP contribution in [0.2, 0.25) is 0 Å². The molecule has 2 aromatic rings. The molecule has 0 aliphatic carbocycles. The fourth-order valence-electron chi connectivity index (χ4n) is 2.13. The molecule has 2 rings (SSSR count). The first kappa shape index (κ1) is 15.3. The molecule has 1 heterocycles. The Balaban J connectivity index is 2.29. The van der Waals surface area contributed by atoms with Crippen molar-refractivity contribution in [2.75, 3.05) is 13.7 Å². The van der Waals surface area contributed by atoms with Gasteiger partial charge in [-0.3, -0.25) is 0 Å². The van der Waals surface area contributed by atoms with Crippen molar-refractivity contribution in [2.45, 2.75) is 26.0 Å². The molecule has 1 N–H and O–H groups in total.